The lowest BCUT2D eigenvalue weighted by molar-refractivity contribution is -0.185. The molecule has 13 heteroatoms. The van der Waals surface area contributed by atoms with Gasteiger partial charge in [-0.2, -0.15) is 17.5 Å². The number of benzene rings is 2. The van der Waals surface area contributed by atoms with Crippen LogP contribution in [-0.4, -0.2) is 81.1 Å². The van der Waals surface area contributed by atoms with Gasteiger partial charge in [-0.25, -0.2) is 8.42 Å². The van der Waals surface area contributed by atoms with Gasteiger partial charge in [0, 0.05) is 61.4 Å². The molecule has 2 fully saturated rings. The number of piperazine rings is 1. The number of carbonyl (C=O) groups excluding carboxylic acids is 1. The summed E-state index contributed by atoms with van der Waals surface area (Å²) in [5, 5.41) is 1.69. The first-order valence-corrected chi connectivity index (χ1v) is 14.4. The monoisotopic (exact) mass is 584 g/mol. The number of piperidine rings is 1. The number of H-pyrrole nitrogens is 1. The highest BCUT2D eigenvalue weighted by Gasteiger charge is 2.43. The predicted molar refractivity (Wildman–Crippen MR) is 142 cm³/mol. The number of aromatic nitrogens is 1. The first-order chi connectivity index (χ1) is 18.5. The molecule has 2 aliphatic rings. The summed E-state index contributed by atoms with van der Waals surface area (Å²) in [6.07, 6.45) is -1.66. The van der Waals surface area contributed by atoms with Gasteiger partial charge in [-0.1, -0.05) is 11.6 Å². The van der Waals surface area contributed by atoms with Crippen molar-refractivity contribution >= 4 is 44.1 Å². The van der Waals surface area contributed by atoms with Crippen molar-refractivity contribution in [1.29, 1.82) is 0 Å². The Balaban J connectivity index is 1.30. The zero-order valence-corrected chi connectivity index (χ0v) is 22.7. The van der Waals surface area contributed by atoms with Crippen molar-refractivity contribution in [3.05, 3.63) is 53.2 Å². The van der Waals surface area contributed by atoms with Crippen LogP contribution in [0.1, 0.15) is 24.3 Å². The van der Waals surface area contributed by atoms with Crippen LogP contribution in [0.15, 0.2) is 47.5 Å². The van der Waals surface area contributed by atoms with E-state index in [2.05, 4.69) is 4.98 Å². The van der Waals surface area contributed by atoms with Gasteiger partial charge in [0.2, 0.25) is 10.0 Å². The van der Waals surface area contributed by atoms with Crippen molar-refractivity contribution in [3.63, 3.8) is 0 Å². The number of anilines is 1. The minimum atomic E-state index is -4.93. The Morgan fingerprint density at radius 3 is 2.36 bits per heavy atom. The van der Waals surface area contributed by atoms with Crippen LogP contribution >= 0.6 is 11.6 Å². The summed E-state index contributed by atoms with van der Waals surface area (Å²) < 4.78 is 72.5. The van der Waals surface area contributed by atoms with Crippen LogP contribution in [0.4, 0.5) is 18.9 Å². The minimum Gasteiger partial charge on any atom is -0.495 e. The quantitative estimate of drug-likeness (QED) is 0.473. The van der Waals surface area contributed by atoms with E-state index in [4.69, 9.17) is 16.3 Å². The maximum absolute atomic E-state index is 13.6. The molecule has 0 bridgehead atoms. The number of aromatic amines is 1. The van der Waals surface area contributed by atoms with E-state index in [-0.39, 0.29) is 37.0 Å². The molecule has 3 aromatic rings. The van der Waals surface area contributed by atoms with E-state index in [1.807, 2.05) is 24.4 Å². The summed E-state index contributed by atoms with van der Waals surface area (Å²) in [6, 6.07) is 10.2. The molecule has 2 saturated heterocycles. The zero-order valence-electron chi connectivity index (χ0n) is 21.2. The summed E-state index contributed by atoms with van der Waals surface area (Å²) in [5.41, 5.74) is 2.57. The fourth-order valence-corrected chi connectivity index (χ4v) is 7.08. The molecular formula is C26H28ClF3N4O4S. The number of hydrogen-bond acceptors (Lipinski definition) is 5. The third kappa shape index (κ3) is 5.42. The molecule has 1 amide bonds. The van der Waals surface area contributed by atoms with Gasteiger partial charge in [0.1, 0.15) is 5.75 Å². The van der Waals surface area contributed by atoms with Crippen molar-refractivity contribution in [2.75, 3.05) is 51.3 Å². The molecule has 210 valence electrons. The van der Waals surface area contributed by atoms with Gasteiger partial charge in [-0.05, 0) is 60.7 Å². The molecule has 0 spiro atoms. The number of nitrogens with zero attached hydrogens (tertiary/aromatic N) is 3. The maximum atomic E-state index is 13.6. The molecule has 8 nitrogen and oxygen atoms in total. The summed E-state index contributed by atoms with van der Waals surface area (Å²) in [7, 11) is -2.38. The molecule has 1 N–H and O–H groups in total. The third-order valence-electron chi connectivity index (χ3n) is 7.51. The largest absolute Gasteiger partial charge is 0.495 e. The summed E-state index contributed by atoms with van der Waals surface area (Å²) >= 11 is 6.19. The Morgan fingerprint density at radius 2 is 1.72 bits per heavy atom. The fraction of sp³-hybridized carbons (Fsp3) is 0.423. The van der Waals surface area contributed by atoms with E-state index in [1.54, 1.807) is 11.0 Å². The van der Waals surface area contributed by atoms with Gasteiger partial charge in [0.05, 0.1) is 17.7 Å². The molecule has 0 unspecified atom stereocenters. The lowest BCUT2D eigenvalue weighted by Crippen LogP contribution is -2.52. The van der Waals surface area contributed by atoms with Gasteiger partial charge in [0.15, 0.2) is 0 Å². The minimum absolute atomic E-state index is 0.0874. The predicted octanol–water partition coefficient (Wildman–Crippen LogP) is 4.61. The van der Waals surface area contributed by atoms with Crippen LogP contribution in [0.2, 0.25) is 5.02 Å². The molecule has 39 heavy (non-hydrogen) atoms. The Morgan fingerprint density at radius 1 is 1.03 bits per heavy atom. The van der Waals surface area contributed by atoms with Crippen molar-refractivity contribution in [1.82, 2.24) is 14.2 Å². The number of alkyl halides is 3. The Hall–Kier alpha value is -2.96. The highest BCUT2D eigenvalue weighted by Crippen LogP contribution is 2.37. The maximum Gasteiger partial charge on any atom is 0.471 e. The molecule has 0 radical (unpaired) electrons. The number of halogens is 4. The number of nitrogens with one attached hydrogen (secondary N) is 1. The number of ether oxygens (including phenoxy) is 1. The number of hydrogen-bond donors (Lipinski definition) is 1. The summed E-state index contributed by atoms with van der Waals surface area (Å²) in [5.74, 6) is -1.28. The van der Waals surface area contributed by atoms with Gasteiger partial charge in [-0.15, -0.1) is 0 Å². The number of rotatable bonds is 5. The summed E-state index contributed by atoms with van der Waals surface area (Å²) in [4.78, 5) is 17.4. The van der Waals surface area contributed by atoms with E-state index >= 15 is 0 Å². The van der Waals surface area contributed by atoms with E-state index in [1.165, 1.54) is 23.5 Å². The van der Waals surface area contributed by atoms with Gasteiger partial charge < -0.3 is 19.5 Å². The lowest BCUT2D eigenvalue weighted by atomic mass is 9.90. The number of amides is 1. The van der Waals surface area contributed by atoms with Gasteiger partial charge in [-0.3, -0.25) is 4.79 Å². The second-order valence-corrected chi connectivity index (χ2v) is 12.1. The SMILES string of the molecule is COc1ccc(S(=O)(=O)N2CCC(c3c[nH]c4ccc(Cl)cc34)CC2)cc1N1CCN(C(=O)C(F)(F)F)CC1. The lowest BCUT2D eigenvalue weighted by Gasteiger charge is -2.37. The molecule has 2 aliphatic heterocycles. The Kier molecular flexibility index (Phi) is 7.47. The molecule has 2 aromatic carbocycles. The summed E-state index contributed by atoms with van der Waals surface area (Å²) in [6.45, 7) is 0.652. The van der Waals surface area contributed by atoms with Crippen molar-refractivity contribution in [3.8, 4) is 5.75 Å². The standard InChI is InChI=1S/C26H28ClF3N4O4S/c1-38-24-5-3-19(15-23(24)32-10-12-33(13-11-32)25(35)26(28,29)30)39(36,37)34-8-6-17(7-9-34)21-16-31-22-4-2-18(27)14-20(21)22/h2-5,14-17,31H,6-13H2,1H3. The Labute approximate surface area is 229 Å². The first kappa shape index (κ1) is 27.6. The number of carbonyl (C=O) groups is 1. The molecular weight excluding hydrogens is 557 g/mol. The third-order valence-corrected chi connectivity index (χ3v) is 9.64. The number of fused-ring (bicyclic) bond motifs is 1. The van der Waals surface area contributed by atoms with Crippen molar-refractivity contribution < 1.29 is 31.1 Å². The van der Waals surface area contributed by atoms with Gasteiger partial charge in [0.25, 0.3) is 0 Å². The van der Waals surface area contributed by atoms with Crippen molar-refractivity contribution in [2.24, 2.45) is 0 Å². The van der Waals surface area contributed by atoms with E-state index in [9.17, 15) is 26.4 Å². The normalized spacial score (nSPS) is 18.1. The molecule has 1 aromatic heterocycles. The molecule has 0 aliphatic carbocycles. The van der Waals surface area contributed by atoms with E-state index in [0.717, 1.165) is 21.4 Å². The highest BCUT2D eigenvalue weighted by atomic mass is 35.5. The van der Waals surface area contributed by atoms with Crippen LogP contribution < -0.4 is 9.64 Å². The average molecular weight is 585 g/mol. The second kappa shape index (κ2) is 10.5. The van der Waals surface area contributed by atoms with E-state index < -0.39 is 22.1 Å². The van der Waals surface area contributed by atoms with Crippen LogP contribution in [0.5, 0.6) is 5.75 Å². The zero-order chi connectivity index (χ0) is 27.9. The first-order valence-electron chi connectivity index (χ1n) is 12.5. The Bertz CT molecular complexity index is 1480. The van der Waals surface area contributed by atoms with E-state index in [0.29, 0.717) is 42.4 Å². The highest BCUT2D eigenvalue weighted by molar-refractivity contribution is 7.89. The molecule has 0 saturated carbocycles. The van der Waals surface area contributed by atoms with Gasteiger partial charge >= 0.3 is 12.1 Å². The average Bonchev–Trinajstić information content (AvgIpc) is 3.35. The fourth-order valence-electron chi connectivity index (χ4n) is 5.42. The van der Waals surface area contributed by atoms with Crippen LogP contribution in [0, 0.1) is 0 Å². The number of methoxy groups -OCH3 is 1. The van der Waals surface area contributed by atoms with Crippen LogP contribution in [0.3, 0.4) is 0 Å². The second-order valence-electron chi connectivity index (χ2n) is 9.72. The van der Waals surface area contributed by atoms with Crippen LogP contribution in [0.25, 0.3) is 10.9 Å². The van der Waals surface area contributed by atoms with Crippen molar-refractivity contribution in [2.45, 2.75) is 29.8 Å². The molecule has 5 rings (SSSR count). The topological polar surface area (TPSA) is 85.9 Å². The molecule has 3 heterocycles. The number of sulfonamides is 1. The van der Waals surface area contributed by atoms with Crippen LogP contribution in [-0.2, 0) is 14.8 Å². The smallest absolute Gasteiger partial charge is 0.471 e. The molecule has 0 atom stereocenters.